The van der Waals surface area contributed by atoms with Crippen molar-refractivity contribution in [1.29, 1.82) is 0 Å². The fraction of sp³-hybridized carbons (Fsp3) is 0.294. The molecule has 25 heavy (non-hydrogen) atoms. The topological polar surface area (TPSA) is 97.9 Å². The minimum atomic E-state index is -0.249. The number of hydrogen-bond acceptors (Lipinski definition) is 7. The van der Waals surface area contributed by atoms with Gasteiger partial charge in [-0.15, -0.1) is 0 Å². The highest BCUT2D eigenvalue weighted by atomic mass is 16.5. The minimum Gasteiger partial charge on any atom is -0.337 e. The Labute approximate surface area is 143 Å². The van der Waals surface area contributed by atoms with Crippen molar-refractivity contribution in [2.24, 2.45) is 0 Å². The van der Waals surface area contributed by atoms with Crippen LogP contribution in [-0.2, 0) is 0 Å². The molecule has 3 aromatic heterocycles. The summed E-state index contributed by atoms with van der Waals surface area (Å²) in [6.45, 7) is 0.642. The molecule has 0 bridgehead atoms. The smallest absolute Gasteiger partial charge is 0.273 e. The molecule has 1 amide bonds. The van der Waals surface area contributed by atoms with E-state index in [4.69, 9.17) is 4.52 Å². The fourth-order valence-corrected chi connectivity index (χ4v) is 2.96. The van der Waals surface area contributed by atoms with Gasteiger partial charge in [-0.3, -0.25) is 14.8 Å². The maximum Gasteiger partial charge on any atom is 0.273 e. The first kappa shape index (κ1) is 15.4. The van der Waals surface area contributed by atoms with Crippen molar-refractivity contribution in [3.8, 4) is 11.5 Å². The number of hydrogen-bond donors (Lipinski definition) is 0. The molecule has 0 radical (unpaired) electrons. The van der Waals surface area contributed by atoms with Gasteiger partial charge in [0.05, 0.1) is 6.20 Å². The summed E-state index contributed by atoms with van der Waals surface area (Å²) in [5.74, 6) is 0.674. The SMILES string of the molecule is O=C(c1ccccn1)N1CCCCC1c1nc(-c2cnccn2)no1. The van der Waals surface area contributed by atoms with Crippen LogP contribution in [0, 0.1) is 0 Å². The Kier molecular flexibility index (Phi) is 4.16. The number of piperidine rings is 1. The van der Waals surface area contributed by atoms with Gasteiger partial charge >= 0.3 is 0 Å². The Hall–Kier alpha value is -3.16. The number of likely N-dealkylation sites (tertiary alicyclic amines) is 1. The van der Waals surface area contributed by atoms with Crippen molar-refractivity contribution in [2.75, 3.05) is 6.54 Å². The van der Waals surface area contributed by atoms with Gasteiger partial charge in [-0.1, -0.05) is 11.2 Å². The first-order valence-corrected chi connectivity index (χ1v) is 8.15. The number of nitrogens with zero attached hydrogens (tertiary/aromatic N) is 6. The second-order valence-corrected chi connectivity index (χ2v) is 5.77. The quantitative estimate of drug-likeness (QED) is 0.723. The molecule has 0 aliphatic carbocycles. The number of aromatic nitrogens is 5. The summed E-state index contributed by atoms with van der Waals surface area (Å²) in [5, 5.41) is 3.99. The van der Waals surface area contributed by atoms with Crippen LogP contribution >= 0.6 is 0 Å². The van der Waals surface area contributed by atoms with Crippen molar-refractivity contribution < 1.29 is 9.32 Å². The van der Waals surface area contributed by atoms with Gasteiger partial charge in [-0.25, -0.2) is 4.98 Å². The predicted molar refractivity (Wildman–Crippen MR) is 87.2 cm³/mol. The Bertz CT molecular complexity index is 852. The molecule has 0 N–H and O–H groups in total. The Morgan fingerprint density at radius 1 is 1.16 bits per heavy atom. The van der Waals surface area contributed by atoms with Crippen LogP contribution in [0.3, 0.4) is 0 Å². The molecular weight excluding hydrogens is 320 g/mol. The zero-order valence-electron chi connectivity index (χ0n) is 13.4. The normalized spacial score (nSPS) is 17.4. The molecule has 1 atom stereocenters. The highest BCUT2D eigenvalue weighted by Gasteiger charge is 2.33. The largest absolute Gasteiger partial charge is 0.337 e. The molecule has 126 valence electrons. The van der Waals surface area contributed by atoms with Gasteiger partial charge in [0.25, 0.3) is 5.91 Å². The molecule has 0 spiro atoms. The van der Waals surface area contributed by atoms with E-state index in [0.717, 1.165) is 19.3 Å². The number of pyridine rings is 1. The van der Waals surface area contributed by atoms with Gasteiger partial charge in [-0.2, -0.15) is 4.98 Å². The van der Waals surface area contributed by atoms with E-state index in [-0.39, 0.29) is 11.9 Å². The molecule has 0 aromatic carbocycles. The first-order chi connectivity index (χ1) is 12.3. The van der Waals surface area contributed by atoms with Gasteiger partial charge in [0, 0.05) is 25.1 Å². The molecule has 1 saturated heterocycles. The van der Waals surface area contributed by atoms with Crippen LogP contribution in [0.5, 0.6) is 0 Å². The lowest BCUT2D eigenvalue weighted by Crippen LogP contribution is -2.39. The van der Waals surface area contributed by atoms with Crippen molar-refractivity contribution >= 4 is 5.91 Å². The van der Waals surface area contributed by atoms with Crippen molar-refractivity contribution in [3.05, 3.63) is 54.6 Å². The second-order valence-electron chi connectivity index (χ2n) is 5.77. The highest BCUT2D eigenvalue weighted by Crippen LogP contribution is 2.31. The number of rotatable bonds is 3. The summed E-state index contributed by atoms with van der Waals surface area (Å²) in [6, 6.07) is 5.06. The Morgan fingerprint density at radius 2 is 2.12 bits per heavy atom. The van der Waals surface area contributed by atoms with Gasteiger partial charge in [0.15, 0.2) is 0 Å². The molecule has 1 unspecified atom stereocenters. The molecule has 1 fully saturated rings. The summed E-state index contributed by atoms with van der Waals surface area (Å²) in [6.07, 6.45) is 9.07. The van der Waals surface area contributed by atoms with Crippen LogP contribution < -0.4 is 0 Å². The molecule has 0 saturated carbocycles. The average molecular weight is 336 g/mol. The lowest BCUT2D eigenvalue weighted by Gasteiger charge is -2.33. The van der Waals surface area contributed by atoms with E-state index < -0.39 is 0 Å². The van der Waals surface area contributed by atoms with Gasteiger partial charge in [0.1, 0.15) is 17.4 Å². The van der Waals surface area contributed by atoms with Crippen LogP contribution in [-0.4, -0.2) is 42.4 Å². The molecule has 3 aromatic rings. The number of carbonyl (C=O) groups is 1. The number of amides is 1. The summed E-state index contributed by atoms with van der Waals surface area (Å²) in [7, 11) is 0. The van der Waals surface area contributed by atoms with Crippen molar-refractivity contribution in [1.82, 2.24) is 30.0 Å². The summed E-state index contributed by atoms with van der Waals surface area (Å²) in [4.78, 5) is 31.3. The zero-order chi connectivity index (χ0) is 17.1. The van der Waals surface area contributed by atoms with Gasteiger partial charge < -0.3 is 9.42 Å². The van der Waals surface area contributed by atoms with Crippen LogP contribution in [0.15, 0.2) is 47.5 Å². The minimum absolute atomic E-state index is 0.121. The van der Waals surface area contributed by atoms with E-state index in [0.29, 0.717) is 29.6 Å². The van der Waals surface area contributed by atoms with E-state index in [9.17, 15) is 4.79 Å². The lowest BCUT2D eigenvalue weighted by molar-refractivity contribution is 0.0555. The Morgan fingerprint density at radius 3 is 2.92 bits per heavy atom. The molecule has 1 aliphatic heterocycles. The summed E-state index contributed by atoms with van der Waals surface area (Å²) >= 11 is 0. The molecule has 4 rings (SSSR count). The Balaban J connectivity index is 1.62. The van der Waals surface area contributed by atoms with Crippen LogP contribution in [0.4, 0.5) is 0 Å². The van der Waals surface area contributed by atoms with E-state index in [1.165, 1.54) is 0 Å². The van der Waals surface area contributed by atoms with Gasteiger partial charge in [-0.05, 0) is 31.4 Å². The molecular formula is C17H16N6O2. The lowest BCUT2D eigenvalue weighted by atomic mass is 10.0. The van der Waals surface area contributed by atoms with Crippen LogP contribution in [0.2, 0.25) is 0 Å². The van der Waals surface area contributed by atoms with E-state index in [1.54, 1.807) is 47.9 Å². The van der Waals surface area contributed by atoms with E-state index in [2.05, 4.69) is 25.1 Å². The van der Waals surface area contributed by atoms with E-state index in [1.807, 2.05) is 0 Å². The molecule has 1 aliphatic rings. The first-order valence-electron chi connectivity index (χ1n) is 8.15. The summed E-state index contributed by atoms with van der Waals surface area (Å²) in [5.41, 5.74) is 0.957. The number of carbonyl (C=O) groups excluding carboxylic acids is 1. The standard InChI is InChI=1S/C17H16N6O2/c24-17(12-5-1-3-7-19-12)23-10-4-2-6-14(23)16-21-15(22-25-16)13-11-18-8-9-20-13/h1,3,5,7-9,11,14H,2,4,6,10H2. The van der Waals surface area contributed by atoms with Gasteiger partial charge in [0.2, 0.25) is 11.7 Å². The fourth-order valence-electron chi connectivity index (χ4n) is 2.96. The van der Waals surface area contributed by atoms with Crippen molar-refractivity contribution in [3.63, 3.8) is 0 Å². The second kappa shape index (κ2) is 6.76. The monoisotopic (exact) mass is 336 g/mol. The molecule has 8 heteroatoms. The van der Waals surface area contributed by atoms with Crippen LogP contribution in [0.1, 0.15) is 41.7 Å². The maximum absolute atomic E-state index is 12.8. The third-order valence-electron chi connectivity index (χ3n) is 4.17. The molecule has 4 heterocycles. The van der Waals surface area contributed by atoms with Crippen molar-refractivity contribution in [2.45, 2.75) is 25.3 Å². The maximum atomic E-state index is 12.8. The average Bonchev–Trinajstić information content (AvgIpc) is 3.19. The zero-order valence-corrected chi connectivity index (χ0v) is 13.4. The van der Waals surface area contributed by atoms with Crippen LogP contribution in [0.25, 0.3) is 11.5 Å². The van der Waals surface area contributed by atoms with E-state index >= 15 is 0 Å². The highest BCUT2D eigenvalue weighted by molar-refractivity contribution is 5.92. The predicted octanol–water partition coefficient (Wildman–Crippen LogP) is 2.29. The summed E-state index contributed by atoms with van der Waals surface area (Å²) < 4.78 is 5.43. The third-order valence-corrected chi connectivity index (χ3v) is 4.17. The molecule has 8 nitrogen and oxygen atoms in total. The third kappa shape index (κ3) is 3.10.